The highest BCUT2D eigenvalue weighted by molar-refractivity contribution is 5.86. The Hall–Kier alpha value is -2.24. The lowest BCUT2D eigenvalue weighted by Gasteiger charge is -2.06. The molecule has 6 heteroatoms. The lowest BCUT2D eigenvalue weighted by atomic mass is 10.2. The molecule has 0 spiro atoms. The van der Waals surface area contributed by atoms with E-state index in [0.29, 0.717) is 12.1 Å². The molecule has 0 saturated carbocycles. The predicted octanol–water partition coefficient (Wildman–Crippen LogP) is 1.54. The number of carboxylic acid groups (broad SMARTS) is 1. The van der Waals surface area contributed by atoms with Gasteiger partial charge in [0, 0.05) is 24.6 Å². The lowest BCUT2D eigenvalue weighted by Crippen LogP contribution is -2.12. The van der Waals surface area contributed by atoms with Crippen molar-refractivity contribution < 1.29 is 9.90 Å². The van der Waals surface area contributed by atoms with Crippen LogP contribution in [0.3, 0.4) is 0 Å². The highest BCUT2D eigenvalue weighted by atomic mass is 16.4. The van der Waals surface area contributed by atoms with Crippen molar-refractivity contribution in [2.45, 2.75) is 33.2 Å². The van der Waals surface area contributed by atoms with Gasteiger partial charge in [0.2, 0.25) is 0 Å². The van der Waals surface area contributed by atoms with Gasteiger partial charge in [-0.15, -0.1) is 0 Å². The molecule has 0 aromatic carbocycles. The monoisotopic (exact) mass is 260 g/mol. The normalized spacial score (nSPS) is 10.6. The topological polar surface area (TPSA) is 80.9 Å². The average molecular weight is 260 g/mol. The second-order valence-corrected chi connectivity index (χ2v) is 4.13. The summed E-state index contributed by atoms with van der Waals surface area (Å²) in [6, 6.07) is 3.48. The summed E-state index contributed by atoms with van der Waals surface area (Å²) in [5, 5.41) is 13.5. The Kier molecular flexibility index (Phi) is 3.89. The van der Waals surface area contributed by atoms with Crippen molar-refractivity contribution in [3.8, 4) is 0 Å². The number of hydrogen-bond acceptors (Lipinski definition) is 4. The van der Waals surface area contributed by atoms with Gasteiger partial charge in [0.15, 0.2) is 11.5 Å². The van der Waals surface area contributed by atoms with Crippen LogP contribution in [0.5, 0.6) is 0 Å². The fourth-order valence-electron chi connectivity index (χ4n) is 1.88. The third-order valence-electron chi connectivity index (χ3n) is 2.84. The van der Waals surface area contributed by atoms with Crippen molar-refractivity contribution in [2.75, 3.05) is 0 Å². The number of hydrogen-bond donors (Lipinski definition) is 1. The van der Waals surface area contributed by atoms with Crippen LogP contribution >= 0.6 is 0 Å². The molecule has 1 N–H and O–H groups in total. The highest BCUT2D eigenvalue weighted by Crippen LogP contribution is 2.10. The fourth-order valence-corrected chi connectivity index (χ4v) is 1.88. The van der Waals surface area contributed by atoms with E-state index in [0.717, 1.165) is 24.5 Å². The van der Waals surface area contributed by atoms with Crippen molar-refractivity contribution >= 4 is 5.97 Å². The summed E-state index contributed by atoms with van der Waals surface area (Å²) >= 11 is 0. The van der Waals surface area contributed by atoms with Gasteiger partial charge in [0.1, 0.15) is 5.82 Å². The second-order valence-electron chi connectivity index (χ2n) is 4.13. The summed E-state index contributed by atoms with van der Waals surface area (Å²) in [6.45, 7) is 4.37. The van der Waals surface area contributed by atoms with Crippen LogP contribution < -0.4 is 0 Å². The standard InChI is InChI=1S/C13H16N4O2/c1-3-10-15-11(4-2)17(16-10)8-9-6-5-7-14-12(9)13(18)19/h5-7H,3-4,8H2,1-2H3,(H,18,19). The molecule has 6 nitrogen and oxygen atoms in total. The first-order valence-corrected chi connectivity index (χ1v) is 6.25. The van der Waals surface area contributed by atoms with Gasteiger partial charge in [-0.2, -0.15) is 5.10 Å². The molecule has 0 bridgehead atoms. The van der Waals surface area contributed by atoms with E-state index in [9.17, 15) is 4.79 Å². The number of carboxylic acids is 1. The highest BCUT2D eigenvalue weighted by Gasteiger charge is 2.14. The summed E-state index contributed by atoms with van der Waals surface area (Å²) in [5.74, 6) is 0.610. The zero-order valence-corrected chi connectivity index (χ0v) is 11.0. The van der Waals surface area contributed by atoms with Crippen molar-refractivity contribution in [3.05, 3.63) is 41.2 Å². The lowest BCUT2D eigenvalue weighted by molar-refractivity contribution is 0.0689. The van der Waals surface area contributed by atoms with Gasteiger partial charge in [-0.05, 0) is 6.07 Å². The molecule has 0 fully saturated rings. The molecule has 0 aliphatic carbocycles. The molecule has 2 heterocycles. The fraction of sp³-hybridized carbons (Fsp3) is 0.385. The molecule has 0 aliphatic heterocycles. The number of aryl methyl sites for hydroxylation is 2. The minimum atomic E-state index is -1.02. The zero-order valence-electron chi connectivity index (χ0n) is 11.0. The largest absolute Gasteiger partial charge is 0.477 e. The molecule has 0 saturated heterocycles. The van der Waals surface area contributed by atoms with Gasteiger partial charge in [-0.25, -0.2) is 19.4 Å². The van der Waals surface area contributed by atoms with Crippen molar-refractivity contribution in [2.24, 2.45) is 0 Å². The molecule has 19 heavy (non-hydrogen) atoms. The smallest absolute Gasteiger partial charge is 0.354 e. The van der Waals surface area contributed by atoms with E-state index < -0.39 is 5.97 Å². The number of aromatic nitrogens is 4. The van der Waals surface area contributed by atoms with Gasteiger partial charge in [-0.1, -0.05) is 19.9 Å². The molecule has 2 aromatic rings. The van der Waals surface area contributed by atoms with E-state index in [1.165, 1.54) is 6.20 Å². The minimum Gasteiger partial charge on any atom is -0.477 e. The van der Waals surface area contributed by atoms with Crippen LogP contribution in [0.1, 0.15) is 41.5 Å². The van der Waals surface area contributed by atoms with Crippen LogP contribution in [-0.2, 0) is 19.4 Å². The Morgan fingerprint density at radius 3 is 2.79 bits per heavy atom. The van der Waals surface area contributed by atoms with Crippen molar-refractivity contribution in [3.63, 3.8) is 0 Å². The Morgan fingerprint density at radius 2 is 2.16 bits per heavy atom. The van der Waals surface area contributed by atoms with Crippen LogP contribution in [-0.4, -0.2) is 30.8 Å². The molecule has 2 rings (SSSR count). The summed E-state index contributed by atoms with van der Waals surface area (Å²) in [7, 11) is 0. The maximum absolute atomic E-state index is 11.1. The molecular formula is C13H16N4O2. The third kappa shape index (κ3) is 2.78. The van der Waals surface area contributed by atoms with Crippen LogP contribution in [0.15, 0.2) is 18.3 Å². The first-order chi connectivity index (χ1) is 9.15. The molecular weight excluding hydrogens is 244 g/mol. The van der Waals surface area contributed by atoms with E-state index >= 15 is 0 Å². The van der Waals surface area contributed by atoms with Gasteiger partial charge in [-0.3, -0.25) is 0 Å². The first kappa shape index (κ1) is 13.2. The van der Waals surface area contributed by atoms with Crippen LogP contribution in [0.25, 0.3) is 0 Å². The van der Waals surface area contributed by atoms with Crippen LogP contribution in [0.4, 0.5) is 0 Å². The second kappa shape index (κ2) is 5.60. The summed E-state index contributed by atoms with van der Waals surface area (Å²) < 4.78 is 1.75. The van der Waals surface area contributed by atoms with E-state index in [-0.39, 0.29) is 5.69 Å². The van der Waals surface area contributed by atoms with Gasteiger partial charge in [0.25, 0.3) is 0 Å². The molecule has 2 aromatic heterocycles. The van der Waals surface area contributed by atoms with E-state index in [1.807, 2.05) is 13.8 Å². The summed E-state index contributed by atoms with van der Waals surface area (Å²) in [5.41, 5.74) is 0.704. The minimum absolute atomic E-state index is 0.0677. The van der Waals surface area contributed by atoms with Gasteiger partial charge in [0.05, 0.1) is 6.54 Å². The van der Waals surface area contributed by atoms with Gasteiger partial charge >= 0.3 is 5.97 Å². The first-order valence-electron chi connectivity index (χ1n) is 6.25. The SMILES string of the molecule is CCc1nc(CC)n(Cc2cccnc2C(=O)O)n1. The molecule has 0 radical (unpaired) electrons. The quantitative estimate of drug-likeness (QED) is 0.882. The van der Waals surface area contributed by atoms with E-state index in [4.69, 9.17) is 5.11 Å². The van der Waals surface area contributed by atoms with Crippen LogP contribution in [0.2, 0.25) is 0 Å². The Balaban J connectivity index is 2.35. The van der Waals surface area contributed by atoms with Crippen molar-refractivity contribution in [1.82, 2.24) is 19.7 Å². The Bertz CT molecular complexity index is 592. The van der Waals surface area contributed by atoms with E-state index in [1.54, 1.807) is 16.8 Å². The molecule has 0 unspecified atom stereocenters. The Morgan fingerprint density at radius 1 is 1.37 bits per heavy atom. The number of carbonyl (C=O) groups is 1. The van der Waals surface area contributed by atoms with Crippen molar-refractivity contribution in [1.29, 1.82) is 0 Å². The van der Waals surface area contributed by atoms with Gasteiger partial charge < -0.3 is 5.11 Å². The molecule has 0 atom stereocenters. The number of pyridine rings is 1. The Labute approximate surface area is 111 Å². The summed E-state index contributed by atoms with van der Waals surface area (Å²) in [4.78, 5) is 19.4. The average Bonchev–Trinajstić information content (AvgIpc) is 2.81. The number of nitrogens with zero attached hydrogens (tertiary/aromatic N) is 4. The summed E-state index contributed by atoms with van der Waals surface area (Å²) in [6.07, 6.45) is 3.00. The maximum atomic E-state index is 11.1. The maximum Gasteiger partial charge on any atom is 0.354 e. The third-order valence-corrected chi connectivity index (χ3v) is 2.84. The number of rotatable bonds is 5. The molecule has 0 amide bonds. The molecule has 100 valence electrons. The van der Waals surface area contributed by atoms with Crippen LogP contribution in [0, 0.1) is 0 Å². The zero-order chi connectivity index (χ0) is 13.8. The predicted molar refractivity (Wildman–Crippen MR) is 69.1 cm³/mol. The number of aromatic carboxylic acids is 1. The van der Waals surface area contributed by atoms with E-state index in [2.05, 4.69) is 15.1 Å². The molecule has 0 aliphatic rings.